The van der Waals surface area contributed by atoms with Gasteiger partial charge in [-0.1, -0.05) is 12.8 Å². The lowest BCUT2D eigenvalue weighted by atomic mass is 10.1. The molecule has 16 heavy (non-hydrogen) atoms. The molecule has 1 aliphatic carbocycles. The second-order valence-electron chi connectivity index (χ2n) is 4.62. The zero-order valence-corrected chi connectivity index (χ0v) is 8.95. The molecule has 1 heterocycles. The minimum atomic E-state index is -0.274. The summed E-state index contributed by atoms with van der Waals surface area (Å²) in [6.07, 6.45) is 3.54. The minimum absolute atomic E-state index is 0.0528. The van der Waals surface area contributed by atoms with Crippen LogP contribution in [0.15, 0.2) is 28.7 Å². The molecule has 0 saturated heterocycles. The van der Waals surface area contributed by atoms with Crippen molar-refractivity contribution in [2.24, 2.45) is 11.7 Å². The highest BCUT2D eigenvalue weighted by atomic mass is 19.1. The summed E-state index contributed by atoms with van der Waals surface area (Å²) in [6, 6.07) is 6.43. The van der Waals surface area contributed by atoms with Gasteiger partial charge < -0.3 is 10.2 Å². The molecule has 3 rings (SSSR count). The molecular formula is C13H14FNO. The third kappa shape index (κ3) is 1.83. The second kappa shape index (κ2) is 3.59. The molecule has 0 unspecified atom stereocenters. The summed E-state index contributed by atoms with van der Waals surface area (Å²) in [4.78, 5) is 0. The molecule has 2 aromatic rings. The smallest absolute Gasteiger partial charge is 0.137 e. The summed E-state index contributed by atoms with van der Waals surface area (Å²) in [7, 11) is 0. The first-order chi connectivity index (χ1) is 7.72. The van der Waals surface area contributed by atoms with Gasteiger partial charge in [0.25, 0.3) is 0 Å². The van der Waals surface area contributed by atoms with E-state index in [0.29, 0.717) is 5.58 Å². The standard InChI is InChI=1S/C13H14FNO/c14-10-4-3-9-6-13(16-12(9)7-10)11(15)5-8-1-2-8/h3-4,6-8,11H,1-2,5,15H2/t11-/m0/s1. The Hall–Kier alpha value is -1.35. The van der Waals surface area contributed by atoms with Gasteiger partial charge in [0.15, 0.2) is 0 Å². The normalized spacial score (nSPS) is 17.9. The summed E-state index contributed by atoms with van der Waals surface area (Å²) < 4.78 is 18.6. The highest BCUT2D eigenvalue weighted by Crippen LogP contribution is 2.37. The maximum Gasteiger partial charge on any atom is 0.137 e. The molecule has 2 nitrogen and oxygen atoms in total. The summed E-state index contributed by atoms with van der Waals surface area (Å²) >= 11 is 0. The first-order valence-electron chi connectivity index (χ1n) is 5.67. The molecule has 1 saturated carbocycles. The average Bonchev–Trinajstić information content (AvgIpc) is 2.95. The van der Waals surface area contributed by atoms with E-state index in [-0.39, 0.29) is 11.9 Å². The number of halogens is 1. The van der Waals surface area contributed by atoms with Gasteiger partial charge in [-0.3, -0.25) is 0 Å². The molecule has 0 bridgehead atoms. The van der Waals surface area contributed by atoms with Crippen LogP contribution in [0, 0.1) is 11.7 Å². The Balaban J connectivity index is 1.91. The van der Waals surface area contributed by atoms with Crippen LogP contribution in [0.4, 0.5) is 4.39 Å². The van der Waals surface area contributed by atoms with E-state index in [4.69, 9.17) is 10.2 Å². The van der Waals surface area contributed by atoms with Crippen LogP contribution in [-0.4, -0.2) is 0 Å². The number of furan rings is 1. The number of rotatable bonds is 3. The highest BCUT2D eigenvalue weighted by molar-refractivity contribution is 5.77. The molecule has 1 fully saturated rings. The van der Waals surface area contributed by atoms with Crippen LogP contribution >= 0.6 is 0 Å². The quantitative estimate of drug-likeness (QED) is 0.859. The molecular weight excluding hydrogens is 205 g/mol. The van der Waals surface area contributed by atoms with Crippen LogP contribution in [0.25, 0.3) is 11.0 Å². The molecule has 84 valence electrons. The lowest BCUT2D eigenvalue weighted by Crippen LogP contribution is -2.09. The lowest BCUT2D eigenvalue weighted by Gasteiger charge is -2.06. The third-order valence-electron chi connectivity index (χ3n) is 3.15. The Bertz CT molecular complexity index is 516. The lowest BCUT2D eigenvalue weighted by molar-refractivity contribution is 0.462. The van der Waals surface area contributed by atoms with Crippen molar-refractivity contribution < 1.29 is 8.81 Å². The molecule has 0 spiro atoms. The van der Waals surface area contributed by atoms with Crippen LogP contribution in [0.3, 0.4) is 0 Å². The number of hydrogen-bond donors (Lipinski definition) is 1. The van der Waals surface area contributed by atoms with Crippen LogP contribution in [0.5, 0.6) is 0 Å². The Labute approximate surface area is 93.2 Å². The SMILES string of the molecule is N[C@@H](CC1CC1)c1cc2ccc(F)cc2o1. The first-order valence-corrected chi connectivity index (χ1v) is 5.67. The molecule has 1 atom stereocenters. The van der Waals surface area contributed by atoms with Crippen molar-refractivity contribution in [3.63, 3.8) is 0 Å². The summed E-state index contributed by atoms with van der Waals surface area (Å²) in [5.74, 6) is 1.26. The van der Waals surface area contributed by atoms with Gasteiger partial charge in [-0.05, 0) is 30.5 Å². The van der Waals surface area contributed by atoms with Crippen molar-refractivity contribution in [3.05, 3.63) is 35.8 Å². The molecule has 0 aliphatic heterocycles. The average molecular weight is 219 g/mol. The van der Waals surface area contributed by atoms with Crippen LogP contribution in [0.1, 0.15) is 31.1 Å². The molecule has 0 amide bonds. The molecule has 3 heteroatoms. The van der Waals surface area contributed by atoms with Crippen molar-refractivity contribution in [2.45, 2.75) is 25.3 Å². The van der Waals surface area contributed by atoms with Crippen molar-refractivity contribution in [3.8, 4) is 0 Å². The van der Waals surface area contributed by atoms with E-state index in [1.165, 1.54) is 25.0 Å². The molecule has 1 aromatic carbocycles. The van der Waals surface area contributed by atoms with Gasteiger partial charge in [-0.15, -0.1) is 0 Å². The maximum atomic E-state index is 13.0. The molecule has 1 aliphatic rings. The largest absolute Gasteiger partial charge is 0.459 e. The zero-order valence-electron chi connectivity index (χ0n) is 8.95. The van der Waals surface area contributed by atoms with E-state index < -0.39 is 0 Å². The Morgan fingerprint density at radius 3 is 2.94 bits per heavy atom. The molecule has 0 radical (unpaired) electrons. The van der Waals surface area contributed by atoms with Gasteiger partial charge in [0.1, 0.15) is 17.2 Å². The van der Waals surface area contributed by atoms with Crippen molar-refractivity contribution >= 4 is 11.0 Å². The van der Waals surface area contributed by atoms with Gasteiger partial charge >= 0.3 is 0 Å². The van der Waals surface area contributed by atoms with Gasteiger partial charge in [0.05, 0.1) is 6.04 Å². The number of hydrogen-bond acceptors (Lipinski definition) is 2. The van der Waals surface area contributed by atoms with E-state index in [2.05, 4.69) is 0 Å². The van der Waals surface area contributed by atoms with Gasteiger partial charge in [-0.2, -0.15) is 0 Å². The van der Waals surface area contributed by atoms with E-state index in [1.807, 2.05) is 6.07 Å². The molecule has 1 aromatic heterocycles. The zero-order chi connectivity index (χ0) is 11.1. The van der Waals surface area contributed by atoms with Gasteiger partial charge in [0, 0.05) is 11.5 Å². The molecule has 2 N–H and O–H groups in total. The topological polar surface area (TPSA) is 39.2 Å². The Kier molecular flexibility index (Phi) is 2.21. The van der Waals surface area contributed by atoms with Crippen LogP contribution in [0.2, 0.25) is 0 Å². The van der Waals surface area contributed by atoms with Gasteiger partial charge in [0.2, 0.25) is 0 Å². The van der Waals surface area contributed by atoms with E-state index >= 15 is 0 Å². The van der Waals surface area contributed by atoms with Crippen molar-refractivity contribution in [1.29, 1.82) is 0 Å². The fourth-order valence-corrected chi connectivity index (χ4v) is 2.04. The second-order valence-corrected chi connectivity index (χ2v) is 4.62. The predicted octanol–water partition coefficient (Wildman–Crippen LogP) is 3.37. The first kappa shape index (κ1) is 9.85. The minimum Gasteiger partial charge on any atom is -0.459 e. The number of nitrogens with two attached hydrogens (primary N) is 1. The summed E-state index contributed by atoms with van der Waals surface area (Å²) in [5, 5.41) is 0.919. The predicted molar refractivity (Wildman–Crippen MR) is 60.4 cm³/mol. The fraction of sp³-hybridized carbons (Fsp3) is 0.385. The van der Waals surface area contributed by atoms with Gasteiger partial charge in [-0.25, -0.2) is 4.39 Å². The summed E-state index contributed by atoms with van der Waals surface area (Å²) in [6.45, 7) is 0. The van der Waals surface area contributed by atoms with Crippen LogP contribution < -0.4 is 5.73 Å². The van der Waals surface area contributed by atoms with Crippen molar-refractivity contribution in [1.82, 2.24) is 0 Å². The monoisotopic (exact) mass is 219 g/mol. The van der Waals surface area contributed by atoms with Crippen LogP contribution in [-0.2, 0) is 0 Å². The Morgan fingerprint density at radius 1 is 1.38 bits per heavy atom. The highest BCUT2D eigenvalue weighted by Gasteiger charge is 2.25. The fourth-order valence-electron chi connectivity index (χ4n) is 2.04. The maximum absolute atomic E-state index is 13.0. The third-order valence-corrected chi connectivity index (χ3v) is 3.15. The van der Waals surface area contributed by atoms with E-state index in [1.54, 1.807) is 6.07 Å². The Morgan fingerprint density at radius 2 is 2.19 bits per heavy atom. The van der Waals surface area contributed by atoms with E-state index in [9.17, 15) is 4.39 Å². The number of fused-ring (bicyclic) bond motifs is 1. The van der Waals surface area contributed by atoms with Crippen molar-refractivity contribution in [2.75, 3.05) is 0 Å². The number of benzene rings is 1. The summed E-state index contributed by atoms with van der Waals surface area (Å²) in [5.41, 5.74) is 6.63. The van der Waals surface area contributed by atoms with E-state index in [0.717, 1.165) is 23.5 Å².